The molecule has 9 heteroatoms. The number of benzene rings is 2. The Bertz CT molecular complexity index is 933. The van der Waals surface area contributed by atoms with Gasteiger partial charge in [0.05, 0.1) is 19.8 Å². The van der Waals surface area contributed by atoms with Crippen LogP contribution in [0.2, 0.25) is 5.02 Å². The van der Waals surface area contributed by atoms with Gasteiger partial charge in [0.25, 0.3) is 0 Å². The maximum Gasteiger partial charge on any atom is 0.224 e. The highest BCUT2D eigenvalue weighted by atomic mass is 35.5. The van der Waals surface area contributed by atoms with Gasteiger partial charge in [-0.3, -0.25) is 0 Å². The SMILES string of the molecule is COC1(c2ccc(Cl)c(Cc3ccc(O[C@H]4CCOC4)cc3)c2)OC([C@H](O)CO)[C@H](O)[C@H]1O. The minimum Gasteiger partial charge on any atom is -0.488 e. The minimum absolute atomic E-state index is 0.0774. The van der Waals surface area contributed by atoms with Crippen molar-refractivity contribution in [3.63, 3.8) is 0 Å². The van der Waals surface area contributed by atoms with E-state index in [1.807, 2.05) is 24.3 Å². The van der Waals surface area contributed by atoms with Gasteiger partial charge in [0.15, 0.2) is 0 Å². The Morgan fingerprint density at radius 2 is 1.94 bits per heavy atom. The summed E-state index contributed by atoms with van der Waals surface area (Å²) in [5, 5.41) is 40.9. The van der Waals surface area contributed by atoms with E-state index in [0.29, 0.717) is 23.6 Å². The maximum absolute atomic E-state index is 10.7. The van der Waals surface area contributed by atoms with Crippen molar-refractivity contribution in [3.05, 3.63) is 64.2 Å². The first-order valence-electron chi connectivity index (χ1n) is 10.9. The summed E-state index contributed by atoms with van der Waals surface area (Å²) in [7, 11) is 1.34. The molecule has 0 aromatic heterocycles. The third-order valence-corrected chi connectivity index (χ3v) is 6.56. The zero-order valence-corrected chi connectivity index (χ0v) is 19.0. The molecule has 2 unspecified atom stereocenters. The average Bonchev–Trinajstić information content (AvgIpc) is 3.43. The molecule has 2 aliphatic rings. The monoisotopic (exact) mass is 480 g/mol. The molecule has 8 nitrogen and oxygen atoms in total. The molecule has 6 atom stereocenters. The van der Waals surface area contributed by atoms with Gasteiger partial charge < -0.3 is 39.4 Å². The summed E-state index contributed by atoms with van der Waals surface area (Å²) in [5.41, 5.74) is 2.20. The van der Waals surface area contributed by atoms with E-state index in [0.717, 1.165) is 29.9 Å². The second kappa shape index (κ2) is 10.2. The first-order chi connectivity index (χ1) is 15.9. The van der Waals surface area contributed by atoms with Crippen molar-refractivity contribution < 1.29 is 39.4 Å². The second-order valence-electron chi connectivity index (χ2n) is 8.37. The highest BCUT2D eigenvalue weighted by molar-refractivity contribution is 6.31. The number of hydrogen-bond donors (Lipinski definition) is 4. The third-order valence-electron chi connectivity index (χ3n) is 6.19. The lowest BCUT2D eigenvalue weighted by molar-refractivity contribution is -0.263. The molecule has 0 saturated carbocycles. The van der Waals surface area contributed by atoms with Crippen LogP contribution in [-0.2, 0) is 26.4 Å². The Hall–Kier alpha value is -1.75. The van der Waals surface area contributed by atoms with Crippen molar-refractivity contribution in [1.82, 2.24) is 0 Å². The fraction of sp³-hybridized carbons (Fsp3) is 0.500. The number of halogens is 1. The van der Waals surface area contributed by atoms with Crippen LogP contribution in [0.3, 0.4) is 0 Å². The summed E-state index contributed by atoms with van der Waals surface area (Å²) < 4.78 is 22.5. The fourth-order valence-electron chi connectivity index (χ4n) is 4.31. The Kier molecular flexibility index (Phi) is 7.57. The van der Waals surface area contributed by atoms with Crippen molar-refractivity contribution in [2.75, 3.05) is 26.9 Å². The standard InChI is InChI=1S/C24H29ClO8/c1-30-24(23(29)21(28)22(33-24)20(27)12-26)16-4-7-19(25)15(11-16)10-14-2-5-17(6-3-14)32-18-8-9-31-13-18/h2-7,11,18,20-23,26-29H,8-10,12-13H2,1H3/t18-,20+,21-,22?,23+,24?/m0/s1. The highest BCUT2D eigenvalue weighted by Crippen LogP contribution is 2.42. The molecule has 4 N–H and O–H groups in total. The molecule has 0 bridgehead atoms. The number of aliphatic hydroxyl groups is 4. The molecule has 2 aromatic carbocycles. The normalized spacial score (nSPS) is 30.5. The summed E-state index contributed by atoms with van der Waals surface area (Å²) in [4.78, 5) is 0. The first kappa shape index (κ1) is 24.4. The number of aliphatic hydroxyl groups excluding tert-OH is 4. The smallest absolute Gasteiger partial charge is 0.224 e. The molecule has 2 saturated heterocycles. The number of methoxy groups -OCH3 is 1. The van der Waals surface area contributed by atoms with Crippen molar-refractivity contribution >= 4 is 11.6 Å². The van der Waals surface area contributed by atoms with Gasteiger partial charge in [-0.25, -0.2) is 0 Å². The molecule has 33 heavy (non-hydrogen) atoms. The lowest BCUT2D eigenvalue weighted by atomic mass is 9.94. The van der Waals surface area contributed by atoms with Crippen LogP contribution in [0.25, 0.3) is 0 Å². The number of ether oxygens (including phenoxy) is 4. The van der Waals surface area contributed by atoms with Gasteiger partial charge in [-0.2, -0.15) is 0 Å². The van der Waals surface area contributed by atoms with Crippen molar-refractivity contribution in [2.24, 2.45) is 0 Å². The van der Waals surface area contributed by atoms with E-state index in [2.05, 4.69) is 0 Å². The molecule has 0 radical (unpaired) electrons. The summed E-state index contributed by atoms with van der Waals surface area (Å²) in [5.74, 6) is -0.946. The Balaban J connectivity index is 1.55. The van der Waals surface area contributed by atoms with Crippen LogP contribution in [0.1, 0.15) is 23.1 Å². The van der Waals surface area contributed by atoms with Gasteiger partial charge in [0.1, 0.15) is 36.3 Å². The number of hydrogen-bond acceptors (Lipinski definition) is 8. The van der Waals surface area contributed by atoms with Gasteiger partial charge in [0, 0.05) is 24.1 Å². The van der Waals surface area contributed by atoms with Crippen LogP contribution in [0.5, 0.6) is 5.75 Å². The van der Waals surface area contributed by atoms with E-state index in [1.54, 1.807) is 18.2 Å². The molecule has 2 heterocycles. The molecular formula is C24H29ClO8. The fourth-order valence-corrected chi connectivity index (χ4v) is 4.50. The van der Waals surface area contributed by atoms with Crippen molar-refractivity contribution in [2.45, 2.75) is 49.1 Å². The molecule has 2 aromatic rings. The molecular weight excluding hydrogens is 452 g/mol. The van der Waals surface area contributed by atoms with Crippen LogP contribution in [-0.4, -0.2) is 77.9 Å². The predicted octanol–water partition coefficient (Wildman–Crippen LogP) is 1.37. The molecule has 2 fully saturated rings. The minimum atomic E-state index is -1.72. The van der Waals surface area contributed by atoms with Crippen LogP contribution >= 0.6 is 11.6 Å². The highest BCUT2D eigenvalue weighted by Gasteiger charge is 2.57. The first-order valence-corrected chi connectivity index (χ1v) is 11.3. The van der Waals surface area contributed by atoms with Crippen LogP contribution in [0, 0.1) is 0 Å². The predicted molar refractivity (Wildman–Crippen MR) is 119 cm³/mol. The molecule has 0 amide bonds. The Labute approximate surface area is 197 Å². The average molecular weight is 481 g/mol. The largest absolute Gasteiger partial charge is 0.488 e. The van der Waals surface area contributed by atoms with E-state index in [4.69, 9.17) is 30.5 Å². The van der Waals surface area contributed by atoms with Crippen molar-refractivity contribution in [3.8, 4) is 5.75 Å². The lowest BCUT2D eigenvalue weighted by Crippen LogP contribution is -2.43. The Morgan fingerprint density at radius 3 is 2.58 bits per heavy atom. The van der Waals surface area contributed by atoms with E-state index in [1.165, 1.54) is 7.11 Å². The second-order valence-corrected chi connectivity index (χ2v) is 8.78. The Morgan fingerprint density at radius 1 is 1.18 bits per heavy atom. The zero-order chi connectivity index (χ0) is 23.6. The summed E-state index contributed by atoms with van der Waals surface area (Å²) >= 11 is 6.45. The van der Waals surface area contributed by atoms with Gasteiger partial charge in [-0.05, 0) is 41.8 Å². The summed E-state index contributed by atoms with van der Waals surface area (Å²) in [6, 6.07) is 12.8. The van der Waals surface area contributed by atoms with E-state index in [9.17, 15) is 20.4 Å². The number of rotatable bonds is 8. The molecule has 0 aliphatic carbocycles. The molecule has 4 rings (SSSR count). The molecule has 180 valence electrons. The molecule has 2 aliphatic heterocycles. The van der Waals surface area contributed by atoms with Gasteiger partial charge in [-0.15, -0.1) is 0 Å². The summed E-state index contributed by atoms with van der Waals surface area (Å²) in [6.07, 6.45) is -4.08. The maximum atomic E-state index is 10.7. The van der Waals surface area contributed by atoms with Gasteiger partial charge in [-0.1, -0.05) is 29.8 Å². The van der Waals surface area contributed by atoms with Crippen LogP contribution in [0.4, 0.5) is 0 Å². The quantitative estimate of drug-likeness (QED) is 0.447. The van der Waals surface area contributed by atoms with Crippen LogP contribution in [0.15, 0.2) is 42.5 Å². The summed E-state index contributed by atoms with van der Waals surface area (Å²) in [6.45, 7) is 0.688. The molecule has 0 spiro atoms. The topological polar surface area (TPSA) is 118 Å². The zero-order valence-electron chi connectivity index (χ0n) is 18.3. The van der Waals surface area contributed by atoms with Crippen molar-refractivity contribution in [1.29, 1.82) is 0 Å². The van der Waals surface area contributed by atoms with Crippen LogP contribution < -0.4 is 4.74 Å². The van der Waals surface area contributed by atoms with E-state index in [-0.39, 0.29) is 6.10 Å². The van der Waals surface area contributed by atoms with Gasteiger partial charge >= 0.3 is 0 Å². The van der Waals surface area contributed by atoms with E-state index >= 15 is 0 Å². The lowest BCUT2D eigenvalue weighted by Gasteiger charge is -2.31. The van der Waals surface area contributed by atoms with Gasteiger partial charge in [0.2, 0.25) is 5.79 Å². The van der Waals surface area contributed by atoms with E-state index < -0.39 is 36.8 Å². The third kappa shape index (κ3) is 4.89.